The first-order chi connectivity index (χ1) is 23.1. The Balaban J connectivity index is 1.18. The lowest BCUT2D eigenvalue weighted by Crippen LogP contribution is -2.77. The summed E-state index contributed by atoms with van der Waals surface area (Å²) in [4.78, 5) is 18.0. The van der Waals surface area contributed by atoms with E-state index in [1.807, 2.05) is 24.3 Å². The number of nitrogens with zero attached hydrogens (tertiary/aromatic N) is 2. The fourth-order valence-corrected chi connectivity index (χ4v) is 12.3. The summed E-state index contributed by atoms with van der Waals surface area (Å²) in [6, 6.07) is 3.31. The molecule has 2 aromatic carbocycles. The van der Waals surface area contributed by atoms with E-state index in [-0.39, 0.29) is 47.3 Å². The SMILES string of the molecule is C=CCN1CC[C@]23c4c5cc(-c6cc7c8c(c6O)O[C@H]6C(O)CC[C@@]9(O)[C@@H](C7)N(CC=C)CC[C@]869)c(O)c4O[C@H]2C(=O)CC[C@@]3(O)[C@H]1C5. The number of hydrogen-bond donors (Lipinski definition) is 5. The van der Waals surface area contributed by atoms with Crippen LogP contribution in [-0.4, -0.2) is 109 Å². The highest BCUT2D eigenvalue weighted by atomic mass is 16.5. The standard InChI is InChI=1S/C38H42N2O8/c1-3-11-39-13-9-35-27-19-15-21(29(43)31(27)47-33(35)23(41)5-7-37(35,45)25(39)17-19)22-16-20-18-26-38(46)8-6-24(42)34-36(38,10-14-40(26)12-4-2)28(20)32(48-34)30(22)44/h3-4,15-16,23,25-26,33-34,41,43-46H,1-2,5-14,17-18H2/t23?,25-,26-,33+,34+,35+,36+,37-,38-/m1/s1. The number of carbonyl (C=O) groups is 1. The van der Waals surface area contributed by atoms with Crippen molar-refractivity contribution in [2.45, 2.75) is 104 Å². The van der Waals surface area contributed by atoms with Crippen LogP contribution in [0.4, 0.5) is 0 Å². The van der Waals surface area contributed by atoms with E-state index in [0.717, 1.165) is 22.3 Å². The summed E-state index contributed by atoms with van der Waals surface area (Å²) in [6.45, 7) is 10.5. The molecule has 2 saturated carbocycles. The molecular formula is C38H42N2O8. The number of likely N-dealkylation sites (tertiary alicyclic amines) is 2. The molecule has 4 aliphatic heterocycles. The Morgan fingerprint density at radius 3 is 1.96 bits per heavy atom. The Hall–Kier alpha value is -3.41. The number of rotatable bonds is 5. The molecule has 4 bridgehead atoms. The zero-order chi connectivity index (χ0) is 33.1. The van der Waals surface area contributed by atoms with E-state index in [1.54, 1.807) is 0 Å². The fraction of sp³-hybridized carbons (Fsp3) is 0.553. The van der Waals surface area contributed by atoms with Crippen molar-refractivity contribution < 1.29 is 39.8 Å². The molecule has 10 rings (SSSR count). The molecule has 252 valence electrons. The van der Waals surface area contributed by atoms with E-state index in [0.29, 0.717) is 82.3 Å². The first-order valence-corrected chi connectivity index (χ1v) is 17.5. The second-order valence-electron chi connectivity index (χ2n) is 15.7. The predicted octanol–water partition coefficient (Wildman–Crippen LogP) is 2.38. The minimum atomic E-state index is -1.20. The molecular weight excluding hydrogens is 612 g/mol. The van der Waals surface area contributed by atoms with Gasteiger partial charge in [0.15, 0.2) is 34.9 Å². The number of Topliss-reactive ketones (excluding diaryl/α,β-unsaturated/α-hetero) is 1. The van der Waals surface area contributed by atoms with Gasteiger partial charge in [-0.1, -0.05) is 12.2 Å². The Morgan fingerprint density at radius 1 is 0.812 bits per heavy atom. The molecule has 1 unspecified atom stereocenters. The molecule has 8 aliphatic rings. The Kier molecular flexibility index (Phi) is 5.67. The van der Waals surface area contributed by atoms with Crippen molar-refractivity contribution >= 4 is 5.78 Å². The van der Waals surface area contributed by atoms with Gasteiger partial charge in [-0.25, -0.2) is 0 Å². The largest absolute Gasteiger partial charge is 0.504 e. The van der Waals surface area contributed by atoms with E-state index in [9.17, 15) is 30.3 Å². The molecule has 0 radical (unpaired) electrons. The molecule has 4 aliphatic carbocycles. The normalized spacial score (nSPS) is 41.2. The summed E-state index contributed by atoms with van der Waals surface area (Å²) in [7, 11) is 0. The van der Waals surface area contributed by atoms with E-state index in [4.69, 9.17) is 9.47 Å². The third-order valence-corrected chi connectivity index (χ3v) is 14.2. The van der Waals surface area contributed by atoms with E-state index in [1.165, 1.54) is 0 Å². The van der Waals surface area contributed by atoms with E-state index in [2.05, 4.69) is 23.0 Å². The number of aromatic hydroxyl groups is 2. The smallest absolute Gasteiger partial charge is 0.174 e. The molecule has 2 aromatic rings. The van der Waals surface area contributed by atoms with Gasteiger partial charge in [0.25, 0.3) is 0 Å². The van der Waals surface area contributed by atoms with Crippen molar-refractivity contribution in [2.24, 2.45) is 0 Å². The monoisotopic (exact) mass is 654 g/mol. The fourth-order valence-electron chi connectivity index (χ4n) is 12.3. The van der Waals surface area contributed by atoms with Crippen LogP contribution in [0.5, 0.6) is 23.0 Å². The summed E-state index contributed by atoms with van der Waals surface area (Å²) in [5.41, 5.74) is -0.125. The van der Waals surface area contributed by atoms with Crippen molar-refractivity contribution in [3.8, 4) is 34.1 Å². The zero-order valence-corrected chi connectivity index (χ0v) is 27.0. The number of aliphatic hydroxyl groups is 3. The first kappa shape index (κ1) is 29.5. The molecule has 2 spiro atoms. The summed E-state index contributed by atoms with van der Waals surface area (Å²) < 4.78 is 13.0. The molecule has 10 heteroatoms. The lowest BCUT2D eigenvalue weighted by molar-refractivity contribution is -0.206. The lowest BCUT2D eigenvalue weighted by Gasteiger charge is -2.63. The van der Waals surface area contributed by atoms with Gasteiger partial charge in [-0.3, -0.25) is 14.6 Å². The van der Waals surface area contributed by atoms with E-state index >= 15 is 0 Å². The Labute approximate surface area is 278 Å². The number of hydrogen-bond acceptors (Lipinski definition) is 10. The topological polar surface area (TPSA) is 143 Å². The quantitative estimate of drug-likeness (QED) is 0.305. The summed E-state index contributed by atoms with van der Waals surface area (Å²) in [5.74, 6) is 0.103. The minimum absolute atomic E-state index is 0.0673. The average molecular weight is 655 g/mol. The van der Waals surface area contributed by atoms with Crippen LogP contribution in [0, 0.1) is 0 Å². The number of piperidine rings is 2. The summed E-state index contributed by atoms with van der Waals surface area (Å²) in [5, 5.41) is 60.5. The van der Waals surface area contributed by atoms with Gasteiger partial charge in [0.05, 0.1) is 28.1 Å². The number of aliphatic hydroxyl groups excluding tert-OH is 1. The van der Waals surface area contributed by atoms with Gasteiger partial charge in [0.1, 0.15) is 6.10 Å². The Bertz CT molecular complexity index is 1860. The van der Waals surface area contributed by atoms with Gasteiger partial charge in [0, 0.05) is 60.4 Å². The van der Waals surface area contributed by atoms with Crippen LogP contribution in [0.2, 0.25) is 0 Å². The van der Waals surface area contributed by atoms with Crippen molar-refractivity contribution in [3.05, 3.63) is 59.7 Å². The van der Waals surface area contributed by atoms with Gasteiger partial charge in [-0.2, -0.15) is 0 Å². The van der Waals surface area contributed by atoms with Crippen LogP contribution in [0.15, 0.2) is 37.4 Å². The van der Waals surface area contributed by atoms with Crippen molar-refractivity contribution in [1.82, 2.24) is 9.80 Å². The van der Waals surface area contributed by atoms with Crippen LogP contribution >= 0.6 is 0 Å². The molecule has 9 atom stereocenters. The highest BCUT2D eigenvalue weighted by Crippen LogP contribution is 2.69. The molecule has 2 saturated heterocycles. The molecule has 0 amide bonds. The van der Waals surface area contributed by atoms with Crippen LogP contribution in [0.25, 0.3) is 11.1 Å². The van der Waals surface area contributed by atoms with Crippen LogP contribution in [0.3, 0.4) is 0 Å². The van der Waals surface area contributed by atoms with Gasteiger partial charge in [0.2, 0.25) is 0 Å². The molecule has 4 heterocycles. The minimum Gasteiger partial charge on any atom is -0.504 e. The number of phenols is 2. The average Bonchev–Trinajstić information content (AvgIpc) is 3.61. The predicted molar refractivity (Wildman–Crippen MR) is 175 cm³/mol. The first-order valence-electron chi connectivity index (χ1n) is 17.5. The van der Waals surface area contributed by atoms with Gasteiger partial charge in [-0.05, 0) is 74.8 Å². The molecule has 48 heavy (non-hydrogen) atoms. The van der Waals surface area contributed by atoms with Crippen LogP contribution in [0.1, 0.15) is 60.8 Å². The van der Waals surface area contributed by atoms with Gasteiger partial charge >= 0.3 is 0 Å². The maximum absolute atomic E-state index is 13.5. The third-order valence-electron chi connectivity index (χ3n) is 14.2. The van der Waals surface area contributed by atoms with Crippen LogP contribution < -0.4 is 9.47 Å². The number of carbonyl (C=O) groups excluding carboxylic acids is 1. The highest BCUT2D eigenvalue weighted by molar-refractivity contribution is 5.92. The number of ketones is 1. The molecule has 4 fully saturated rings. The number of ether oxygens (including phenoxy) is 2. The maximum Gasteiger partial charge on any atom is 0.174 e. The lowest BCUT2D eigenvalue weighted by atomic mass is 9.48. The van der Waals surface area contributed by atoms with Gasteiger partial charge < -0.3 is 35.0 Å². The second kappa shape index (κ2) is 9.22. The number of phenolic OH excluding ortho intramolecular Hbond substituents is 2. The molecule has 10 nitrogen and oxygen atoms in total. The zero-order valence-electron chi connectivity index (χ0n) is 27.0. The van der Waals surface area contributed by atoms with Crippen LogP contribution in [-0.2, 0) is 28.5 Å². The maximum atomic E-state index is 13.5. The second-order valence-corrected chi connectivity index (χ2v) is 15.7. The highest BCUT2D eigenvalue weighted by Gasteiger charge is 2.74. The summed E-state index contributed by atoms with van der Waals surface area (Å²) in [6.07, 6.45) is 4.73. The van der Waals surface area contributed by atoms with Crippen molar-refractivity contribution in [3.63, 3.8) is 0 Å². The van der Waals surface area contributed by atoms with E-state index < -0.39 is 40.3 Å². The molecule has 0 aromatic heterocycles. The number of benzene rings is 2. The third kappa shape index (κ3) is 3.00. The van der Waals surface area contributed by atoms with Gasteiger partial charge in [-0.15, -0.1) is 13.2 Å². The molecule has 5 N–H and O–H groups in total. The summed E-state index contributed by atoms with van der Waals surface area (Å²) >= 11 is 0. The Morgan fingerprint density at radius 2 is 1.35 bits per heavy atom. The van der Waals surface area contributed by atoms with Crippen molar-refractivity contribution in [2.75, 3.05) is 26.2 Å². The van der Waals surface area contributed by atoms with Crippen molar-refractivity contribution in [1.29, 1.82) is 0 Å².